The van der Waals surface area contributed by atoms with Gasteiger partial charge in [-0.15, -0.1) is 0 Å². The molecule has 1 aliphatic heterocycles. The van der Waals surface area contributed by atoms with Gasteiger partial charge in [-0.2, -0.15) is 0 Å². The summed E-state index contributed by atoms with van der Waals surface area (Å²) in [7, 11) is 1.88. The highest BCUT2D eigenvalue weighted by molar-refractivity contribution is 6.32. The maximum absolute atomic E-state index is 13.0. The Bertz CT molecular complexity index is 1030. The van der Waals surface area contributed by atoms with Gasteiger partial charge in [0.15, 0.2) is 0 Å². The van der Waals surface area contributed by atoms with Gasteiger partial charge in [0.1, 0.15) is 16.7 Å². The Morgan fingerprint density at radius 1 is 1.12 bits per heavy atom. The Balaban J connectivity index is 1.41. The van der Waals surface area contributed by atoms with E-state index in [0.717, 1.165) is 37.1 Å². The molecule has 0 spiro atoms. The summed E-state index contributed by atoms with van der Waals surface area (Å²) in [6, 6.07) is 7.38. The lowest BCUT2D eigenvalue weighted by molar-refractivity contribution is -0.141. The zero-order valence-corrected chi connectivity index (χ0v) is 19.4. The molecule has 8 heteroatoms. The lowest BCUT2D eigenvalue weighted by atomic mass is 9.76. The van der Waals surface area contributed by atoms with Crippen molar-refractivity contribution in [3.63, 3.8) is 0 Å². The normalized spacial score (nSPS) is 18.1. The number of imidazole rings is 1. The SMILES string of the molecule is CC/C=C\c1nc(-c2ccc(C(=O)N3CCN(C(=O)C4(N)CCC4)CC3)cc2)c(Cl)n1C. The second-order valence-electron chi connectivity index (χ2n) is 8.65. The number of hydrogen-bond donors (Lipinski definition) is 1. The minimum absolute atomic E-state index is 0.0283. The third-order valence-electron chi connectivity index (χ3n) is 6.49. The first-order valence-electron chi connectivity index (χ1n) is 11.2. The van der Waals surface area contributed by atoms with E-state index >= 15 is 0 Å². The number of hydrogen-bond acceptors (Lipinski definition) is 4. The van der Waals surface area contributed by atoms with Gasteiger partial charge < -0.3 is 20.1 Å². The molecule has 0 unspecified atom stereocenters. The van der Waals surface area contributed by atoms with E-state index in [1.165, 1.54) is 0 Å². The minimum atomic E-state index is -0.680. The summed E-state index contributed by atoms with van der Waals surface area (Å²) in [6.45, 7) is 4.15. The number of piperazine rings is 1. The number of carbonyl (C=O) groups is 2. The van der Waals surface area contributed by atoms with Gasteiger partial charge in [0.2, 0.25) is 5.91 Å². The zero-order chi connectivity index (χ0) is 22.9. The number of benzene rings is 1. The predicted molar refractivity (Wildman–Crippen MR) is 126 cm³/mol. The highest BCUT2D eigenvalue weighted by Gasteiger charge is 2.43. The topological polar surface area (TPSA) is 84.5 Å². The molecule has 0 radical (unpaired) electrons. The molecule has 1 saturated heterocycles. The van der Waals surface area contributed by atoms with Gasteiger partial charge in [-0.3, -0.25) is 9.59 Å². The summed E-state index contributed by atoms with van der Waals surface area (Å²) in [5, 5.41) is 0.560. The Labute approximate surface area is 193 Å². The van der Waals surface area contributed by atoms with E-state index in [-0.39, 0.29) is 11.8 Å². The molecule has 2 heterocycles. The van der Waals surface area contributed by atoms with Crippen LogP contribution >= 0.6 is 11.6 Å². The summed E-state index contributed by atoms with van der Waals surface area (Å²) < 4.78 is 1.85. The third kappa shape index (κ3) is 4.19. The van der Waals surface area contributed by atoms with E-state index < -0.39 is 5.54 Å². The van der Waals surface area contributed by atoms with Crippen LogP contribution in [-0.4, -0.2) is 62.9 Å². The van der Waals surface area contributed by atoms with Crippen LogP contribution in [0.15, 0.2) is 30.3 Å². The van der Waals surface area contributed by atoms with Crippen LogP contribution < -0.4 is 5.73 Å². The fourth-order valence-electron chi connectivity index (χ4n) is 4.20. The van der Waals surface area contributed by atoms with Crippen molar-refractivity contribution in [2.45, 2.75) is 38.1 Å². The Morgan fingerprint density at radius 2 is 1.75 bits per heavy atom. The van der Waals surface area contributed by atoms with E-state index in [4.69, 9.17) is 17.3 Å². The molecule has 2 aliphatic rings. The average molecular weight is 456 g/mol. The van der Waals surface area contributed by atoms with Crippen LogP contribution in [0.2, 0.25) is 5.15 Å². The first-order valence-corrected chi connectivity index (χ1v) is 11.6. The predicted octanol–water partition coefficient (Wildman–Crippen LogP) is 3.33. The fraction of sp³-hybridized carbons (Fsp3) is 0.458. The molecule has 2 N–H and O–H groups in total. The molecule has 2 amide bonds. The van der Waals surface area contributed by atoms with Gasteiger partial charge in [-0.25, -0.2) is 4.98 Å². The van der Waals surface area contributed by atoms with E-state index in [1.54, 1.807) is 9.80 Å². The summed E-state index contributed by atoms with van der Waals surface area (Å²) in [4.78, 5) is 33.8. The van der Waals surface area contributed by atoms with Crippen molar-refractivity contribution in [2.24, 2.45) is 12.8 Å². The number of allylic oxidation sites excluding steroid dienone is 1. The van der Waals surface area contributed by atoms with Gasteiger partial charge in [-0.05, 0) is 43.9 Å². The number of halogens is 1. The van der Waals surface area contributed by atoms with Crippen molar-refractivity contribution in [1.82, 2.24) is 19.4 Å². The number of carbonyl (C=O) groups excluding carboxylic acids is 2. The molecule has 1 saturated carbocycles. The molecule has 0 bridgehead atoms. The number of aromatic nitrogens is 2. The summed E-state index contributed by atoms with van der Waals surface area (Å²) in [5.41, 5.74) is 7.67. The van der Waals surface area contributed by atoms with Crippen LogP contribution in [0.3, 0.4) is 0 Å². The first kappa shape index (κ1) is 22.6. The standard InChI is InChI=1S/C24H30ClN5O2/c1-3-4-6-19-27-20(21(25)28(19)2)17-7-9-18(10-8-17)22(31)29-13-15-30(16-14-29)23(32)24(26)11-5-12-24/h4,6-10H,3,5,11-16,26H2,1-2H3/b6-4-. The summed E-state index contributed by atoms with van der Waals surface area (Å²) in [6.07, 6.45) is 7.44. The Hall–Kier alpha value is -2.64. The lowest BCUT2D eigenvalue weighted by Gasteiger charge is -2.43. The molecule has 1 aromatic heterocycles. The lowest BCUT2D eigenvalue weighted by Crippen LogP contribution is -2.62. The van der Waals surface area contributed by atoms with Gasteiger partial charge in [0.25, 0.3) is 5.91 Å². The quantitative estimate of drug-likeness (QED) is 0.749. The zero-order valence-electron chi connectivity index (χ0n) is 18.7. The van der Waals surface area contributed by atoms with E-state index in [9.17, 15) is 9.59 Å². The molecule has 1 aliphatic carbocycles. The highest BCUT2D eigenvalue weighted by Crippen LogP contribution is 2.31. The van der Waals surface area contributed by atoms with E-state index in [2.05, 4.69) is 11.9 Å². The second-order valence-corrected chi connectivity index (χ2v) is 9.01. The van der Waals surface area contributed by atoms with Crippen molar-refractivity contribution in [3.05, 3.63) is 46.9 Å². The molecule has 170 valence electrons. The molecular weight excluding hydrogens is 426 g/mol. The Kier molecular flexibility index (Phi) is 6.40. The van der Waals surface area contributed by atoms with Crippen LogP contribution in [0.4, 0.5) is 0 Å². The summed E-state index contributed by atoms with van der Waals surface area (Å²) in [5.74, 6) is 0.787. The number of nitrogens with two attached hydrogens (primary N) is 1. The number of amides is 2. The maximum atomic E-state index is 13.0. The first-order chi connectivity index (χ1) is 15.3. The van der Waals surface area contributed by atoms with Crippen molar-refractivity contribution in [2.75, 3.05) is 26.2 Å². The van der Waals surface area contributed by atoms with Crippen molar-refractivity contribution >= 4 is 29.5 Å². The van der Waals surface area contributed by atoms with Crippen molar-refractivity contribution < 1.29 is 9.59 Å². The molecule has 0 atom stereocenters. The van der Waals surface area contributed by atoms with Gasteiger partial charge >= 0.3 is 0 Å². The molecule has 32 heavy (non-hydrogen) atoms. The van der Waals surface area contributed by atoms with E-state index in [0.29, 0.717) is 42.6 Å². The maximum Gasteiger partial charge on any atom is 0.253 e. The van der Waals surface area contributed by atoms with Gasteiger partial charge in [-0.1, -0.05) is 36.7 Å². The average Bonchev–Trinajstić information content (AvgIpc) is 3.09. The van der Waals surface area contributed by atoms with Crippen LogP contribution in [0.1, 0.15) is 48.8 Å². The molecule has 2 fully saturated rings. The third-order valence-corrected chi connectivity index (χ3v) is 6.93. The largest absolute Gasteiger partial charge is 0.338 e. The van der Waals surface area contributed by atoms with Crippen LogP contribution in [0.5, 0.6) is 0 Å². The molecule has 1 aromatic carbocycles. The molecule has 2 aromatic rings. The summed E-state index contributed by atoms with van der Waals surface area (Å²) >= 11 is 6.49. The molecular formula is C24H30ClN5O2. The monoisotopic (exact) mass is 455 g/mol. The minimum Gasteiger partial charge on any atom is -0.338 e. The van der Waals surface area contributed by atoms with Crippen LogP contribution in [0, 0.1) is 0 Å². The van der Waals surface area contributed by atoms with Crippen molar-refractivity contribution in [3.8, 4) is 11.3 Å². The fourth-order valence-corrected chi connectivity index (χ4v) is 4.44. The molecule has 4 rings (SSSR count). The van der Waals surface area contributed by atoms with Crippen molar-refractivity contribution in [1.29, 1.82) is 0 Å². The van der Waals surface area contributed by atoms with Crippen LogP contribution in [0.25, 0.3) is 17.3 Å². The van der Waals surface area contributed by atoms with Gasteiger partial charge in [0, 0.05) is 44.4 Å². The number of rotatable bonds is 5. The number of nitrogens with zero attached hydrogens (tertiary/aromatic N) is 4. The highest BCUT2D eigenvalue weighted by atomic mass is 35.5. The van der Waals surface area contributed by atoms with E-state index in [1.807, 2.05) is 48.0 Å². The van der Waals surface area contributed by atoms with Crippen LogP contribution in [-0.2, 0) is 11.8 Å². The molecule has 7 nitrogen and oxygen atoms in total. The second kappa shape index (κ2) is 9.08. The van der Waals surface area contributed by atoms with Gasteiger partial charge in [0.05, 0.1) is 5.54 Å². The Morgan fingerprint density at radius 3 is 2.31 bits per heavy atom. The smallest absolute Gasteiger partial charge is 0.253 e.